The normalized spacial score (nSPS) is 15.6. The van der Waals surface area contributed by atoms with Crippen molar-refractivity contribution in [2.45, 2.75) is 64.1 Å². The Morgan fingerprint density at radius 3 is 2.47 bits per heavy atom. The number of anilines is 1. The molecule has 1 N–H and O–H groups in total. The lowest BCUT2D eigenvalue weighted by atomic mass is 10.1. The number of hydrogen-bond donors (Lipinski definition) is 1. The van der Waals surface area contributed by atoms with Crippen molar-refractivity contribution in [3.05, 3.63) is 71.8 Å². The lowest BCUT2D eigenvalue weighted by molar-refractivity contribution is -0.141. The fraction of sp³-hybridized carbons (Fsp3) is 0.387. The molecule has 198 valence electrons. The van der Waals surface area contributed by atoms with E-state index in [1.807, 2.05) is 60.7 Å². The van der Waals surface area contributed by atoms with Gasteiger partial charge in [-0.05, 0) is 61.4 Å². The smallest absolute Gasteiger partial charge is 0.258 e. The van der Waals surface area contributed by atoms with Gasteiger partial charge in [-0.3, -0.25) is 14.4 Å². The van der Waals surface area contributed by atoms with Crippen LogP contribution in [0.1, 0.15) is 61.4 Å². The highest BCUT2D eigenvalue weighted by Gasteiger charge is 2.31. The molecule has 1 aliphatic heterocycles. The topological polar surface area (TPSA) is 79.0 Å². The molecule has 1 saturated carbocycles. The van der Waals surface area contributed by atoms with Gasteiger partial charge in [-0.15, -0.1) is 0 Å². The molecule has 7 heteroatoms. The number of methoxy groups -OCH3 is 1. The van der Waals surface area contributed by atoms with Gasteiger partial charge >= 0.3 is 0 Å². The molecule has 1 heterocycles. The molecular formula is C31H35N3O4. The Hall–Kier alpha value is -3.87. The van der Waals surface area contributed by atoms with Crippen LogP contribution in [0.25, 0.3) is 10.8 Å². The molecule has 1 atom stereocenters. The van der Waals surface area contributed by atoms with Gasteiger partial charge in [0.2, 0.25) is 11.8 Å². The first-order valence-corrected chi connectivity index (χ1v) is 13.5. The van der Waals surface area contributed by atoms with Crippen molar-refractivity contribution < 1.29 is 19.1 Å². The number of nitrogens with one attached hydrogen (secondary N) is 1. The Bertz CT molecular complexity index is 1330. The van der Waals surface area contributed by atoms with E-state index in [2.05, 4.69) is 5.32 Å². The fourth-order valence-electron chi connectivity index (χ4n) is 5.64. The minimum Gasteiger partial charge on any atom is -0.497 e. The van der Waals surface area contributed by atoms with E-state index in [0.29, 0.717) is 25.1 Å². The second-order valence-corrected chi connectivity index (χ2v) is 10.3. The summed E-state index contributed by atoms with van der Waals surface area (Å²) in [6, 6.07) is 18.9. The third-order valence-corrected chi connectivity index (χ3v) is 7.80. The lowest BCUT2D eigenvalue weighted by Crippen LogP contribution is -2.49. The third-order valence-electron chi connectivity index (χ3n) is 7.80. The molecule has 38 heavy (non-hydrogen) atoms. The quantitative estimate of drug-likeness (QED) is 0.411. The second kappa shape index (κ2) is 11.3. The van der Waals surface area contributed by atoms with Crippen molar-refractivity contribution in [3.8, 4) is 5.75 Å². The maximum atomic E-state index is 13.5. The van der Waals surface area contributed by atoms with Gasteiger partial charge in [0, 0.05) is 36.5 Å². The van der Waals surface area contributed by atoms with Gasteiger partial charge in [-0.2, -0.15) is 0 Å². The van der Waals surface area contributed by atoms with Crippen molar-refractivity contribution in [2.75, 3.05) is 18.6 Å². The zero-order valence-electron chi connectivity index (χ0n) is 22.1. The lowest BCUT2D eigenvalue weighted by Gasteiger charge is -2.30. The third kappa shape index (κ3) is 5.23. The number of carbonyl (C=O) groups is 3. The number of rotatable bonds is 10. The molecular weight excluding hydrogens is 478 g/mol. The summed E-state index contributed by atoms with van der Waals surface area (Å²) >= 11 is 0. The average Bonchev–Trinajstić information content (AvgIpc) is 3.55. The van der Waals surface area contributed by atoms with Crippen molar-refractivity contribution >= 4 is 34.2 Å². The number of benzene rings is 3. The minimum atomic E-state index is -0.600. The minimum absolute atomic E-state index is 0.0244. The molecule has 7 nitrogen and oxygen atoms in total. The van der Waals surface area contributed by atoms with Crippen LogP contribution in [0.2, 0.25) is 0 Å². The molecule has 5 rings (SSSR count). The number of nitrogens with zero attached hydrogens (tertiary/aromatic N) is 2. The van der Waals surface area contributed by atoms with Crippen molar-refractivity contribution in [2.24, 2.45) is 0 Å². The van der Waals surface area contributed by atoms with Gasteiger partial charge in [0.05, 0.1) is 12.8 Å². The Morgan fingerprint density at radius 2 is 1.76 bits per heavy atom. The molecule has 1 aliphatic carbocycles. The number of amides is 3. The maximum Gasteiger partial charge on any atom is 0.258 e. The standard InChI is InChI=1S/C31H35N3O4/c1-21(30(36)32-24-10-3-4-11-24)34(20-22-15-17-25(38-2)18-16-22)28(35)14-7-19-33-27-13-6-9-23-8-5-12-26(29(23)27)31(33)37/h5-6,8-9,12-13,15-18,21,24H,3-4,7,10-11,14,19-20H2,1-2H3,(H,32,36)/t21-/m0/s1. The van der Waals surface area contributed by atoms with Gasteiger partial charge in [0.25, 0.3) is 5.91 Å². The van der Waals surface area contributed by atoms with Crippen LogP contribution in [-0.2, 0) is 16.1 Å². The Kier molecular flexibility index (Phi) is 7.63. The summed E-state index contributed by atoms with van der Waals surface area (Å²) in [6.07, 6.45) is 4.98. The zero-order valence-corrected chi connectivity index (χ0v) is 22.1. The monoisotopic (exact) mass is 513 g/mol. The van der Waals surface area contributed by atoms with Crippen LogP contribution in [0.4, 0.5) is 5.69 Å². The van der Waals surface area contributed by atoms with Crippen molar-refractivity contribution in [1.82, 2.24) is 10.2 Å². The number of hydrogen-bond acceptors (Lipinski definition) is 4. The predicted molar refractivity (Wildman–Crippen MR) is 148 cm³/mol. The molecule has 0 aromatic heterocycles. The van der Waals surface area contributed by atoms with Gasteiger partial charge < -0.3 is 19.9 Å². The maximum absolute atomic E-state index is 13.5. The van der Waals surface area contributed by atoms with E-state index in [1.165, 1.54) is 0 Å². The van der Waals surface area contributed by atoms with Gasteiger partial charge in [0.1, 0.15) is 11.8 Å². The summed E-state index contributed by atoms with van der Waals surface area (Å²) < 4.78 is 5.26. The van der Waals surface area contributed by atoms with Crippen LogP contribution in [0, 0.1) is 0 Å². The van der Waals surface area contributed by atoms with Crippen LogP contribution < -0.4 is 15.0 Å². The molecule has 0 saturated heterocycles. The average molecular weight is 514 g/mol. The second-order valence-electron chi connectivity index (χ2n) is 10.3. The molecule has 1 fully saturated rings. The van der Waals surface area contributed by atoms with E-state index < -0.39 is 6.04 Å². The first-order valence-electron chi connectivity index (χ1n) is 13.5. The van der Waals surface area contributed by atoms with Crippen LogP contribution in [-0.4, -0.2) is 48.4 Å². The highest BCUT2D eigenvalue weighted by Crippen LogP contribution is 2.37. The SMILES string of the molecule is COc1ccc(CN(C(=O)CCCN2C(=O)c3cccc4cccc2c34)[C@@H](C)C(=O)NC2CCCC2)cc1. The number of carbonyl (C=O) groups excluding carboxylic acids is 3. The molecule has 2 aliphatic rings. The van der Waals surface area contributed by atoms with Crippen molar-refractivity contribution in [1.29, 1.82) is 0 Å². The first kappa shape index (κ1) is 25.8. The summed E-state index contributed by atoms with van der Waals surface area (Å²) in [4.78, 5) is 43.2. The van der Waals surface area contributed by atoms with Gasteiger partial charge in [0.15, 0.2) is 0 Å². The summed E-state index contributed by atoms with van der Waals surface area (Å²) in [5.74, 6) is 0.501. The largest absolute Gasteiger partial charge is 0.497 e. The highest BCUT2D eigenvalue weighted by molar-refractivity contribution is 6.25. The summed E-state index contributed by atoms with van der Waals surface area (Å²) in [5, 5.41) is 5.16. The number of ether oxygens (including phenoxy) is 1. The first-order chi connectivity index (χ1) is 18.5. The molecule has 0 unspecified atom stereocenters. The predicted octanol–water partition coefficient (Wildman–Crippen LogP) is 5.06. The Balaban J connectivity index is 1.27. The Labute approximate surface area is 223 Å². The van der Waals surface area contributed by atoms with Crippen molar-refractivity contribution in [3.63, 3.8) is 0 Å². The fourth-order valence-corrected chi connectivity index (χ4v) is 5.64. The summed E-state index contributed by atoms with van der Waals surface area (Å²) in [7, 11) is 1.62. The van der Waals surface area contributed by atoms with Crippen LogP contribution in [0.15, 0.2) is 60.7 Å². The molecule has 3 aromatic carbocycles. The molecule has 0 spiro atoms. The van der Waals surface area contributed by atoms with Gasteiger partial charge in [-0.1, -0.05) is 49.2 Å². The summed E-state index contributed by atoms with van der Waals surface area (Å²) in [5.41, 5.74) is 2.54. The molecule has 3 amide bonds. The highest BCUT2D eigenvalue weighted by atomic mass is 16.5. The Morgan fingerprint density at radius 1 is 1.05 bits per heavy atom. The molecule has 0 bridgehead atoms. The van der Waals surface area contributed by atoms with Crippen LogP contribution in [0.3, 0.4) is 0 Å². The van der Waals surface area contributed by atoms with E-state index in [0.717, 1.165) is 53.5 Å². The van der Waals surface area contributed by atoms with Crippen LogP contribution in [0.5, 0.6) is 5.75 Å². The van der Waals surface area contributed by atoms with Crippen LogP contribution >= 0.6 is 0 Å². The molecule has 0 radical (unpaired) electrons. The van der Waals surface area contributed by atoms with E-state index in [9.17, 15) is 14.4 Å². The zero-order chi connectivity index (χ0) is 26.6. The molecule has 3 aromatic rings. The van der Waals surface area contributed by atoms with Gasteiger partial charge in [-0.25, -0.2) is 0 Å². The van der Waals surface area contributed by atoms with E-state index in [1.54, 1.807) is 23.8 Å². The van der Waals surface area contributed by atoms with E-state index >= 15 is 0 Å². The summed E-state index contributed by atoms with van der Waals surface area (Å²) in [6.45, 7) is 2.57. The van der Waals surface area contributed by atoms with E-state index in [4.69, 9.17) is 4.74 Å². The van der Waals surface area contributed by atoms with E-state index in [-0.39, 0.29) is 30.2 Å².